The fourth-order valence-electron chi connectivity index (χ4n) is 2.83. The number of amides is 1. The van der Waals surface area contributed by atoms with Crippen molar-refractivity contribution in [3.05, 3.63) is 59.1 Å². The van der Waals surface area contributed by atoms with Gasteiger partial charge < -0.3 is 15.4 Å². The lowest BCUT2D eigenvalue weighted by molar-refractivity contribution is -0.122. The van der Waals surface area contributed by atoms with Gasteiger partial charge in [-0.05, 0) is 28.8 Å². The predicted molar refractivity (Wildman–Crippen MR) is 103 cm³/mol. The van der Waals surface area contributed by atoms with Gasteiger partial charge in [0.1, 0.15) is 0 Å². The van der Waals surface area contributed by atoms with Gasteiger partial charge >= 0.3 is 0 Å². The summed E-state index contributed by atoms with van der Waals surface area (Å²) in [6, 6.07) is 15.9. The number of morpholine rings is 1. The molecule has 1 unspecified atom stereocenters. The van der Waals surface area contributed by atoms with E-state index in [-0.39, 0.29) is 24.4 Å². The highest BCUT2D eigenvalue weighted by Gasteiger charge is 2.16. The molecule has 25 heavy (non-hydrogen) atoms. The molecular formula is C19H22Cl2N2O2. The van der Waals surface area contributed by atoms with Crippen LogP contribution in [0, 0.1) is 0 Å². The number of carbonyl (C=O) groups is 1. The summed E-state index contributed by atoms with van der Waals surface area (Å²) >= 11 is 5.96. The molecule has 2 aromatic carbocycles. The number of rotatable bonds is 5. The fourth-order valence-corrected chi connectivity index (χ4v) is 2.95. The SMILES string of the molecule is Cl.O=C(CC1COCCN1)NCc1ccccc1-c1ccc(Cl)cc1. The van der Waals surface area contributed by atoms with Crippen molar-refractivity contribution in [2.75, 3.05) is 19.8 Å². The van der Waals surface area contributed by atoms with Crippen molar-refractivity contribution in [2.24, 2.45) is 0 Å². The number of hydrogen-bond acceptors (Lipinski definition) is 3. The van der Waals surface area contributed by atoms with Crippen LogP contribution in [0.1, 0.15) is 12.0 Å². The minimum Gasteiger partial charge on any atom is -0.378 e. The van der Waals surface area contributed by atoms with Crippen LogP contribution >= 0.6 is 24.0 Å². The van der Waals surface area contributed by atoms with Gasteiger partial charge in [-0.15, -0.1) is 12.4 Å². The van der Waals surface area contributed by atoms with Crippen molar-refractivity contribution < 1.29 is 9.53 Å². The first kappa shape index (κ1) is 19.7. The van der Waals surface area contributed by atoms with Crippen molar-refractivity contribution in [3.8, 4) is 11.1 Å². The van der Waals surface area contributed by atoms with E-state index in [1.54, 1.807) is 0 Å². The minimum absolute atomic E-state index is 0. The number of hydrogen-bond donors (Lipinski definition) is 2. The lowest BCUT2D eigenvalue weighted by Gasteiger charge is -2.23. The van der Waals surface area contributed by atoms with E-state index < -0.39 is 0 Å². The van der Waals surface area contributed by atoms with Gasteiger partial charge in [0.15, 0.2) is 0 Å². The van der Waals surface area contributed by atoms with Crippen LogP contribution in [0.5, 0.6) is 0 Å². The largest absolute Gasteiger partial charge is 0.378 e. The summed E-state index contributed by atoms with van der Waals surface area (Å²) < 4.78 is 5.38. The Kier molecular flexibility index (Phi) is 7.72. The molecular weight excluding hydrogens is 359 g/mol. The average Bonchev–Trinajstić information content (AvgIpc) is 2.62. The Morgan fingerprint density at radius 2 is 1.96 bits per heavy atom. The molecule has 0 aliphatic carbocycles. The number of nitrogens with one attached hydrogen (secondary N) is 2. The molecule has 0 saturated carbocycles. The molecule has 2 N–H and O–H groups in total. The first-order valence-electron chi connectivity index (χ1n) is 8.14. The lowest BCUT2D eigenvalue weighted by atomic mass is 9.99. The van der Waals surface area contributed by atoms with Crippen molar-refractivity contribution in [3.63, 3.8) is 0 Å². The fraction of sp³-hybridized carbons (Fsp3) is 0.316. The molecule has 0 spiro atoms. The molecule has 4 nitrogen and oxygen atoms in total. The summed E-state index contributed by atoms with van der Waals surface area (Å²) in [6.45, 7) is 2.62. The molecule has 1 amide bonds. The number of halogens is 2. The van der Waals surface area contributed by atoms with Gasteiger partial charge in [0.25, 0.3) is 0 Å². The standard InChI is InChI=1S/C19H21ClN2O2.ClH/c20-16-7-5-14(6-8-16)18-4-2-1-3-15(18)12-22-19(23)11-17-13-24-10-9-21-17;/h1-8,17,21H,9-13H2,(H,22,23);1H. The third-order valence-electron chi connectivity index (χ3n) is 4.08. The van der Waals surface area contributed by atoms with E-state index in [1.807, 2.05) is 42.5 Å². The summed E-state index contributed by atoms with van der Waals surface area (Å²) in [7, 11) is 0. The third kappa shape index (κ3) is 5.72. The maximum absolute atomic E-state index is 12.2. The molecule has 6 heteroatoms. The Bertz CT molecular complexity index is 686. The van der Waals surface area contributed by atoms with Crippen LogP contribution in [0.2, 0.25) is 5.02 Å². The van der Waals surface area contributed by atoms with Gasteiger partial charge in [-0.2, -0.15) is 0 Å². The molecule has 0 aromatic heterocycles. The van der Waals surface area contributed by atoms with Crippen molar-refractivity contribution in [1.82, 2.24) is 10.6 Å². The Labute approximate surface area is 159 Å². The van der Waals surface area contributed by atoms with E-state index in [2.05, 4.69) is 16.7 Å². The van der Waals surface area contributed by atoms with Crippen LogP contribution in [0.3, 0.4) is 0 Å². The summed E-state index contributed by atoms with van der Waals surface area (Å²) in [5, 5.41) is 7.01. The second-order valence-corrected chi connectivity index (χ2v) is 6.31. The van der Waals surface area contributed by atoms with Gasteiger partial charge in [-0.1, -0.05) is 48.0 Å². The van der Waals surface area contributed by atoms with Crippen molar-refractivity contribution in [2.45, 2.75) is 19.0 Å². The molecule has 0 radical (unpaired) electrons. The predicted octanol–water partition coefficient (Wildman–Crippen LogP) is 3.42. The summed E-state index contributed by atoms with van der Waals surface area (Å²) in [5.41, 5.74) is 3.28. The highest BCUT2D eigenvalue weighted by Crippen LogP contribution is 2.25. The van der Waals surface area contributed by atoms with Crippen LogP contribution in [0.25, 0.3) is 11.1 Å². The van der Waals surface area contributed by atoms with E-state index >= 15 is 0 Å². The van der Waals surface area contributed by atoms with Gasteiger partial charge in [0, 0.05) is 30.6 Å². The molecule has 0 bridgehead atoms. The highest BCUT2D eigenvalue weighted by atomic mass is 35.5. The summed E-state index contributed by atoms with van der Waals surface area (Å²) in [4.78, 5) is 12.2. The lowest BCUT2D eigenvalue weighted by Crippen LogP contribution is -2.44. The van der Waals surface area contributed by atoms with Gasteiger partial charge in [-0.3, -0.25) is 4.79 Å². The molecule has 2 aromatic rings. The topological polar surface area (TPSA) is 50.4 Å². The van der Waals surface area contributed by atoms with Gasteiger partial charge in [-0.25, -0.2) is 0 Å². The zero-order chi connectivity index (χ0) is 16.8. The second kappa shape index (κ2) is 9.78. The molecule has 3 rings (SSSR count). The van der Waals surface area contributed by atoms with Gasteiger partial charge in [0.2, 0.25) is 5.91 Å². The molecule has 134 valence electrons. The molecule has 1 heterocycles. The quantitative estimate of drug-likeness (QED) is 0.835. The Morgan fingerprint density at radius 3 is 2.68 bits per heavy atom. The monoisotopic (exact) mass is 380 g/mol. The van der Waals surface area contributed by atoms with Crippen molar-refractivity contribution in [1.29, 1.82) is 0 Å². The third-order valence-corrected chi connectivity index (χ3v) is 4.33. The van der Waals surface area contributed by atoms with Crippen LogP contribution in [-0.2, 0) is 16.1 Å². The van der Waals surface area contributed by atoms with E-state index in [0.717, 1.165) is 23.2 Å². The van der Waals surface area contributed by atoms with Gasteiger partial charge in [0.05, 0.1) is 13.2 Å². The first-order chi connectivity index (χ1) is 11.7. The zero-order valence-corrected chi connectivity index (χ0v) is 15.4. The van der Waals surface area contributed by atoms with E-state index in [9.17, 15) is 4.79 Å². The summed E-state index contributed by atoms with van der Waals surface area (Å²) in [6.07, 6.45) is 0.434. The maximum atomic E-state index is 12.2. The molecule has 1 aliphatic rings. The van der Waals surface area contributed by atoms with E-state index in [4.69, 9.17) is 16.3 Å². The minimum atomic E-state index is 0. The molecule has 1 atom stereocenters. The number of benzene rings is 2. The molecule has 1 fully saturated rings. The second-order valence-electron chi connectivity index (χ2n) is 5.87. The number of ether oxygens (including phenoxy) is 1. The zero-order valence-electron chi connectivity index (χ0n) is 13.8. The van der Waals surface area contributed by atoms with E-state index in [0.29, 0.717) is 31.2 Å². The normalized spacial score (nSPS) is 16.8. The summed E-state index contributed by atoms with van der Waals surface area (Å²) in [5.74, 6) is 0.0314. The smallest absolute Gasteiger partial charge is 0.221 e. The highest BCUT2D eigenvalue weighted by molar-refractivity contribution is 6.30. The van der Waals surface area contributed by atoms with Crippen molar-refractivity contribution >= 4 is 29.9 Å². The maximum Gasteiger partial charge on any atom is 0.221 e. The molecule has 1 saturated heterocycles. The van der Waals surface area contributed by atoms with Crippen LogP contribution in [0.15, 0.2) is 48.5 Å². The Hall–Kier alpha value is -1.59. The van der Waals surface area contributed by atoms with Crippen LogP contribution in [-0.4, -0.2) is 31.7 Å². The average molecular weight is 381 g/mol. The number of carbonyl (C=O) groups excluding carboxylic acids is 1. The first-order valence-corrected chi connectivity index (χ1v) is 8.52. The van der Waals surface area contributed by atoms with E-state index in [1.165, 1.54) is 0 Å². The Balaban J connectivity index is 0.00000225. The van der Waals surface area contributed by atoms with Crippen LogP contribution in [0.4, 0.5) is 0 Å². The van der Waals surface area contributed by atoms with Crippen LogP contribution < -0.4 is 10.6 Å². The molecule has 1 aliphatic heterocycles. The Morgan fingerprint density at radius 1 is 1.20 bits per heavy atom.